The predicted octanol–water partition coefficient (Wildman–Crippen LogP) is 2.23. The molecule has 0 aliphatic carbocycles. The molecule has 3 aromatic rings. The number of carbonyl (C=O) groups excluding carboxylic acids is 1. The van der Waals surface area contributed by atoms with E-state index >= 15 is 0 Å². The Balaban J connectivity index is 1.77. The highest BCUT2D eigenvalue weighted by atomic mass is 16.5. The van der Waals surface area contributed by atoms with E-state index in [1.807, 2.05) is 30.3 Å². The molecule has 9 heteroatoms. The van der Waals surface area contributed by atoms with Crippen LogP contribution in [0.15, 0.2) is 42.7 Å². The van der Waals surface area contributed by atoms with Gasteiger partial charge in [-0.3, -0.25) is 4.79 Å². The average molecular weight is 406 g/mol. The Morgan fingerprint density at radius 2 is 2.03 bits per heavy atom. The number of hydrogen-bond acceptors (Lipinski definition) is 8. The summed E-state index contributed by atoms with van der Waals surface area (Å²) in [4.78, 5) is 29.3. The van der Waals surface area contributed by atoms with Gasteiger partial charge in [0.05, 0.1) is 25.1 Å². The van der Waals surface area contributed by atoms with Crippen LogP contribution in [0.2, 0.25) is 0 Å². The molecule has 0 spiro atoms. The molecule has 0 bridgehead atoms. The van der Waals surface area contributed by atoms with E-state index in [-0.39, 0.29) is 18.0 Å². The lowest BCUT2D eigenvalue weighted by molar-refractivity contribution is -0.114. The number of carbonyl (C=O) groups is 1. The van der Waals surface area contributed by atoms with Crippen molar-refractivity contribution in [1.29, 1.82) is 0 Å². The van der Waals surface area contributed by atoms with Gasteiger partial charge in [-0.1, -0.05) is 12.1 Å². The Morgan fingerprint density at radius 1 is 1.20 bits per heavy atom. The monoisotopic (exact) mass is 406 g/mol. The van der Waals surface area contributed by atoms with Crippen LogP contribution in [0.5, 0.6) is 6.01 Å². The molecule has 9 nitrogen and oxygen atoms in total. The molecule has 2 aromatic heterocycles. The summed E-state index contributed by atoms with van der Waals surface area (Å²) >= 11 is 0. The molecule has 1 unspecified atom stereocenters. The second-order valence-corrected chi connectivity index (χ2v) is 6.79. The van der Waals surface area contributed by atoms with E-state index in [4.69, 9.17) is 19.4 Å². The minimum absolute atomic E-state index is 0.139. The van der Waals surface area contributed by atoms with E-state index in [9.17, 15) is 4.79 Å². The van der Waals surface area contributed by atoms with Gasteiger partial charge in [0.2, 0.25) is 5.91 Å². The summed E-state index contributed by atoms with van der Waals surface area (Å²) in [6.45, 7) is 3.56. The lowest BCUT2D eigenvalue weighted by atomic mass is 10.1. The Labute approximate surface area is 173 Å². The van der Waals surface area contributed by atoms with Crippen LogP contribution in [0, 0.1) is 0 Å². The number of nitrogens with zero attached hydrogens (tertiary/aromatic N) is 4. The van der Waals surface area contributed by atoms with Crippen LogP contribution in [-0.2, 0) is 9.53 Å². The number of amides is 1. The number of nitrogens with one attached hydrogen (secondary N) is 2. The maximum atomic E-state index is 11.4. The third-order valence-electron chi connectivity index (χ3n) is 4.55. The molecule has 1 aromatic carbocycles. The van der Waals surface area contributed by atoms with Crippen LogP contribution in [0.4, 0.5) is 5.69 Å². The number of anilines is 1. The fourth-order valence-electron chi connectivity index (χ4n) is 3.16. The van der Waals surface area contributed by atoms with Crippen molar-refractivity contribution in [2.24, 2.45) is 0 Å². The number of ether oxygens (including phenoxy) is 2. The molecule has 30 heavy (non-hydrogen) atoms. The van der Waals surface area contributed by atoms with Gasteiger partial charge < -0.3 is 20.1 Å². The largest absolute Gasteiger partial charge is 0.467 e. The van der Waals surface area contributed by atoms with Crippen molar-refractivity contribution in [2.45, 2.75) is 13.0 Å². The summed E-state index contributed by atoms with van der Waals surface area (Å²) in [5.74, 6) is 0.388. The van der Waals surface area contributed by atoms with Gasteiger partial charge in [0, 0.05) is 49.2 Å². The van der Waals surface area contributed by atoms with E-state index in [0.29, 0.717) is 30.4 Å². The van der Waals surface area contributed by atoms with E-state index < -0.39 is 0 Å². The average Bonchev–Trinajstić information content (AvgIpc) is 2.79. The second kappa shape index (κ2) is 8.93. The topological polar surface area (TPSA) is 111 Å². The van der Waals surface area contributed by atoms with Crippen LogP contribution < -0.4 is 15.4 Å². The maximum absolute atomic E-state index is 11.4. The SMILES string of the molecule is COc1ncc(-c2cc(C3CNCCO3)nc(-c3cccc(NC(C)=O)c3)n2)cn1. The molecule has 3 heterocycles. The molecule has 154 valence electrons. The van der Waals surface area contributed by atoms with Crippen LogP contribution in [0.3, 0.4) is 0 Å². The Hall–Kier alpha value is -3.43. The zero-order valence-corrected chi connectivity index (χ0v) is 16.8. The Bertz CT molecular complexity index is 1040. The van der Waals surface area contributed by atoms with E-state index in [0.717, 1.165) is 23.4 Å². The molecule has 4 rings (SSSR count). The molecule has 2 N–H and O–H groups in total. The quantitative estimate of drug-likeness (QED) is 0.664. The van der Waals surface area contributed by atoms with Crippen molar-refractivity contribution in [1.82, 2.24) is 25.3 Å². The van der Waals surface area contributed by atoms with Gasteiger partial charge in [-0.05, 0) is 18.2 Å². The fourth-order valence-corrected chi connectivity index (χ4v) is 3.16. The Morgan fingerprint density at radius 3 is 2.73 bits per heavy atom. The van der Waals surface area contributed by atoms with Gasteiger partial charge in [0.1, 0.15) is 6.10 Å². The molecule has 1 fully saturated rings. The van der Waals surface area contributed by atoms with Crippen LogP contribution in [0.25, 0.3) is 22.6 Å². The number of aromatic nitrogens is 4. The first-order chi connectivity index (χ1) is 14.6. The molecule has 1 aliphatic rings. The van der Waals surface area contributed by atoms with Gasteiger partial charge in [-0.2, -0.15) is 0 Å². The van der Waals surface area contributed by atoms with Gasteiger partial charge in [0.25, 0.3) is 0 Å². The van der Waals surface area contributed by atoms with Gasteiger partial charge in [-0.25, -0.2) is 19.9 Å². The molecule has 1 amide bonds. The molecule has 0 radical (unpaired) electrons. The minimum Gasteiger partial charge on any atom is -0.467 e. The van der Waals surface area contributed by atoms with Crippen molar-refractivity contribution in [3.05, 3.63) is 48.4 Å². The standard InChI is InChI=1S/C21H22N6O3/c1-13(28)25-16-5-3-4-14(8-16)20-26-17(15-10-23-21(29-2)24-11-15)9-18(27-20)19-12-22-6-7-30-19/h3-5,8-11,19,22H,6-7,12H2,1-2H3,(H,25,28). The number of hydrogen-bond donors (Lipinski definition) is 2. The third-order valence-corrected chi connectivity index (χ3v) is 4.55. The molecule has 1 atom stereocenters. The normalized spacial score (nSPS) is 16.1. The first kappa shape index (κ1) is 19.9. The summed E-state index contributed by atoms with van der Waals surface area (Å²) < 4.78 is 10.9. The van der Waals surface area contributed by atoms with Crippen LogP contribution >= 0.6 is 0 Å². The lowest BCUT2D eigenvalue weighted by Gasteiger charge is -2.23. The van der Waals surface area contributed by atoms with Crippen LogP contribution in [-0.4, -0.2) is 52.6 Å². The first-order valence-electron chi connectivity index (χ1n) is 9.58. The zero-order valence-electron chi connectivity index (χ0n) is 16.8. The number of benzene rings is 1. The van der Waals surface area contributed by atoms with Crippen molar-refractivity contribution >= 4 is 11.6 Å². The summed E-state index contributed by atoms with van der Waals surface area (Å²) in [6.07, 6.45) is 3.14. The Kier molecular flexibility index (Phi) is 5.92. The van der Waals surface area contributed by atoms with Crippen molar-refractivity contribution in [3.63, 3.8) is 0 Å². The number of methoxy groups -OCH3 is 1. The fraction of sp³-hybridized carbons (Fsp3) is 0.286. The smallest absolute Gasteiger partial charge is 0.316 e. The van der Waals surface area contributed by atoms with Gasteiger partial charge in [-0.15, -0.1) is 0 Å². The molecule has 0 saturated carbocycles. The van der Waals surface area contributed by atoms with Gasteiger partial charge >= 0.3 is 6.01 Å². The van der Waals surface area contributed by atoms with Crippen LogP contribution in [0.1, 0.15) is 18.7 Å². The van der Waals surface area contributed by atoms with E-state index in [1.165, 1.54) is 14.0 Å². The summed E-state index contributed by atoms with van der Waals surface area (Å²) in [6, 6.07) is 9.60. The van der Waals surface area contributed by atoms with Crippen molar-refractivity contribution in [2.75, 3.05) is 32.1 Å². The van der Waals surface area contributed by atoms with E-state index in [2.05, 4.69) is 20.6 Å². The first-order valence-corrected chi connectivity index (χ1v) is 9.58. The predicted molar refractivity (Wildman–Crippen MR) is 111 cm³/mol. The van der Waals surface area contributed by atoms with Gasteiger partial charge in [0.15, 0.2) is 5.82 Å². The number of morpholine rings is 1. The molecule has 1 saturated heterocycles. The molecule has 1 aliphatic heterocycles. The van der Waals surface area contributed by atoms with Crippen molar-refractivity contribution in [3.8, 4) is 28.7 Å². The summed E-state index contributed by atoms with van der Waals surface area (Å²) in [5.41, 5.74) is 3.64. The summed E-state index contributed by atoms with van der Waals surface area (Å²) in [7, 11) is 1.52. The zero-order chi connectivity index (χ0) is 20.9. The molecular formula is C21H22N6O3. The highest BCUT2D eigenvalue weighted by Crippen LogP contribution is 2.27. The number of rotatable bonds is 5. The van der Waals surface area contributed by atoms with E-state index in [1.54, 1.807) is 12.4 Å². The minimum atomic E-state index is -0.183. The van der Waals surface area contributed by atoms with Crippen molar-refractivity contribution < 1.29 is 14.3 Å². The lowest BCUT2D eigenvalue weighted by Crippen LogP contribution is -2.33. The highest BCUT2D eigenvalue weighted by Gasteiger charge is 2.20. The maximum Gasteiger partial charge on any atom is 0.316 e. The third kappa shape index (κ3) is 4.58. The highest BCUT2D eigenvalue weighted by molar-refractivity contribution is 5.89. The molecular weight excluding hydrogens is 384 g/mol. The summed E-state index contributed by atoms with van der Waals surface area (Å²) in [5, 5.41) is 6.11. The second-order valence-electron chi connectivity index (χ2n) is 6.79.